The van der Waals surface area contributed by atoms with Crippen LogP contribution in [0.3, 0.4) is 0 Å². The summed E-state index contributed by atoms with van der Waals surface area (Å²) < 4.78 is 47.9. The van der Waals surface area contributed by atoms with Gasteiger partial charge in [-0.05, 0) is 49.4 Å². The fourth-order valence-corrected chi connectivity index (χ4v) is 3.29. The second kappa shape index (κ2) is 9.09. The van der Waals surface area contributed by atoms with Gasteiger partial charge in [0.1, 0.15) is 5.75 Å². The maximum absolute atomic E-state index is 14.2. The zero-order chi connectivity index (χ0) is 21.8. The SMILES string of the molecule is CCN(C)C=Nc1cc(OC)c(C(O)(c2cccc(SC)c2)C(F)(F)F)cc1C. The highest BCUT2D eigenvalue weighted by Crippen LogP contribution is 2.49. The van der Waals surface area contributed by atoms with Gasteiger partial charge < -0.3 is 14.7 Å². The number of nitrogens with zero attached hydrogens (tertiary/aromatic N) is 2. The number of hydrogen-bond donors (Lipinski definition) is 1. The topological polar surface area (TPSA) is 45.1 Å². The predicted molar refractivity (Wildman–Crippen MR) is 111 cm³/mol. The Morgan fingerprint density at radius 1 is 1.24 bits per heavy atom. The van der Waals surface area contributed by atoms with E-state index >= 15 is 0 Å². The smallest absolute Gasteiger partial charge is 0.425 e. The minimum atomic E-state index is -4.96. The Kier molecular flexibility index (Phi) is 7.24. The summed E-state index contributed by atoms with van der Waals surface area (Å²) in [6, 6.07) is 8.50. The van der Waals surface area contributed by atoms with Crippen molar-refractivity contribution >= 4 is 23.8 Å². The first-order valence-corrected chi connectivity index (χ1v) is 10.2. The van der Waals surface area contributed by atoms with E-state index < -0.39 is 11.8 Å². The third kappa shape index (κ3) is 4.70. The minimum absolute atomic E-state index is 0.0868. The molecule has 0 aliphatic rings. The molecule has 0 aliphatic carbocycles. The lowest BCUT2D eigenvalue weighted by atomic mass is 9.84. The molecular formula is C21H25F3N2O2S. The average Bonchev–Trinajstić information content (AvgIpc) is 2.70. The number of halogens is 3. The number of ether oxygens (including phenoxy) is 1. The van der Waals surface area contributed by atoms with E-state index in [2.05, 4.69) is 4.99 Å². The Balaban J connectivity index is 2.71. The summed E-state index contributed by atoms with van der Waals surface area (Å²) >= 11 is 1.30. The van der Waals surface area contributed by atoms with Crippen molar-refractivity contribution in [3.05, 3.63) is 53.1 Å². The summed E-state index contributed by atoms with van der Waals surface area (Å²) in [6.45, 7) is 4.34. The monoisotopic (exact) mass is 426 g/mol. The maximum Gasteiger partial charge on any atom is 0.425 e. The number of thioether (sulfide) groups is 1. The molecule has 0 aromatic heterocycles. The Bertz CT molecular complexity index is 887. The second-order valence-corrected chi connectivity index (χ2v) is 7.48. The number of benzene rings is 2. The van der Waals surface area contributed by atoms with Crippen LogP contribution >= 0.6 is 11.8 Å². The van der Waals surface area contributed by atoms with Gasteiger partial charge in [-0.15, -0.1) is 11.8 Å². The molecule has 158 valence electrons. The average molecular weight is 427 g/mol. The molecule has 29 heavy (non-hydrogen) atoms. The van der Waals surface area contributed by atoms with Crippen LogP contribution in [0.1, 0.15) is 23.6 Å². The van der Waals surface area contributed by atoms with Gasteiger partial charge in [-0.3, -0.25) is 0 Å². The van der Waals surface area contributed by atoms with Crippen molar-refractivity contribution in [2.45, 2.75) is 30.5 Å². The zero-order valence-electron chi connectivity index (χ0n) is 17.0. The normalized spacial score (nSPS) is 14.1. The Morgan fingerprint density at radius 3 is 2.48 bits per heavy atom. The van der Waals surface area contributed by atoms with E-state index in [0.29, 0.717) is 16.1 Å². The number of rotatable bonds is 7. The van der Waals surface area contributed by atoms with Crippen LogP contribution in [0.4, 0.5) is 18.9 Å². The molecule has 0 fully saturated rings. The third-order valence-electron chi connectivity index (χ3n) is 4.70. The molecule has 8 heteroatoms. The largest absolute Gasteiger partial charge is 0.496 e. The molecule has 1 unspecified atom stereocenters. The van der Waals surface area contributed by atoms with Crippen molar-refractivity contribution in [3.8, 4) is 5.75 Å². The molecule has 2 rings (SSSR count). The molecule has 0 heterocycles. The second-order valence-electron chi connectivity index (χ2n) is 6.60. The lowest BCUT2D eigenvalue weighted by Gasteiger charge is -2.33. The summed E-state index contributed by atoms with van der Waals surface area (Å²) in [4.78, 5) is 6.77. The Labute approximate surface area is 173 Å². The van der Waals surface area contributed by atoms with Gasteiger partial charge in [0.05, 0.1) is 19.1 Å². The molecule has 0 amide bonds. The van der Waals surface area contributed by atoms with Gasteiger partial charge in [0.15, 0.2) is 0 Å². The summed E-state index contributed by atoms with van der Waals surface area (Å²) in [7, 11) is 3.11. The number of methoxy groups -OCH3 is 1. The number of aliphatic hydroxyl groups is 1. The van der Waals surface area contributed by atoms with Gasteiger partial charge in [0, 0.05) is 30.1 Å². The number of aryl methyl sites for hydroxylation is 1. The molecule has 2 aromatic carbocycles. The molecule has 0 saturated heterocycles. The highest BCUT2D eigenvalue weighted by atomic mass is 32.2. The van der Waals surface area contributed by atoms with E-state index in [1.54, 1.807) is 25.6 Å². The van der Waals surface area contributed by atoms with Gasteiger partial charge in [-0.25, -0.2) is 4.99 Å². The number of aliphatic imine (C=N–C) groups is 1. The molecule has 0 saturated carbocycles. The van der Waals surface area contributed by atoms with Crippen molar-refractivity contribution in [2.24, 2.45) is 4.99 Å². The van der Waals surface area contributed by atoms with E-state index in [9.17, 15) is 18.3 Å². The lowest BCUT2D eigenvalue weighted by Crippen LogP contribution is -2.43. The van der Waals surface area contributed by atoms with Gasteiger partial charge >= 0.3 is 6.18 Å². The van der Waals surface area contributed by atoms with Gasteiger partial charge in [0.2, 0.25) is 5.60 Å². The molecule has 2 aromatic rings. The quantitative estimate of drug-likeness (QED) is 0.379. The van der Waals surface area contributed by atoms with Crippen molar-refractivity contribution in [1.29, 1.82) is 0 Å². The van der Waals surface area contributed by atoms with Crippen molar-refractivity contribution in [3.63, 3.8) is 0 Å². The summed E-state index contributed by atoms with van der Waals surface area (Å²) in [5, 5.41) is 11.0. The first-order chi connectivity index (χ1) is 13.6. The highest BCUT2D eigenvalue weighted by Gasteiger charge is 2.57. The van der Waals surface area contributed by atoms with Crippen LogP contribution in [0.15, 0.2) is 46.3 Å². The molecule has 0 bridgehead atoms. The van der Waals surface area contributed by atoms with Gasteiger partial charge in [0.25, 0.3) is 0 Å². The molecule has 0 aliphatic heterocycles. The highest BCUT2D eigenvalue weighted by molar-refractivity contribution is 7.98. The van der Waals surface area contributed by atoms with Crippen LogP contribution in [0.5, 0.6) is 5.75 Å². The fraction of sp³-hybridized carbons (Fsp3) is 0.381. The van der Waals surface area contributed by atoms with Crippen molar-refractivity contribution < 1.29 is 23.0 Å². The molecule has 4 nitrogen and oxygen atoms in total. The standard InChI is InChI=1S/C21H25F3N2O2S/c1-6-26(3)13-25-18-12-19(28-4)17(10-14(18)2)20(27,21(22,23)24)15-8-7-9-16(11-15)29-5/h7-13,27H,6H2,1-5H3. The van der Waals surface area contributed by atoms with Crippen molar-refractivity contribution in [2.75, 3.05) is 27.0 Å². The first kappa shape index (κ1) is 23.1. The van der Waals surface area contributed by atoms with E-state index in [0.717, 1.165) is 6.54 Å². The summed E-state index contributed by atoms with van der Waals surface area (Å²) in [6.07, 6.45) is -1.60. The van der Waals surface area contributed by atoms with Gasteiger partial charge in [-0.1, -0.05) is 12.1 Å². The maximum atomic E-state index is 14.2. The van der Waals surface area contributed by atoms with Crippen LogP contribution in [0.25, 0.3) is 0 Å². The Hall–Kier alpha value is -2.19. The predicted octanol–water partition coefficient (Wildman–Crippen LogP) is 5.14. The number of alkyl halides is 3. The summed E-state index contributed by atoms with van der Waals surface area (Å²) in [5.74, 6) is -0.0868. The van der Waals surface area contributed by atoms with Crippen LogP contribution in [0.2, 0.25) is 0 Å². The molecule has 0 spiro atoms. The first-order valence-electron chi connectivity index (χ1n) is 8.95. The van der Waals surface area contributed by atoms with Gasteiger partial charge in [-0.2, -0.15) is 13.2 Å². The zero-order valence-corrected chi connectivity index (χ0v) is 17.9. The molecule has 1 atom stereocenters. The molecular weight excluding hydrogens is 401 g/mol. The summed E-state index contributed by atoms with van der Waals surface area (Å²) in [5.41, 5.74) is -2.90. The van der Waals surface area contributed by atoms with Crippen molar-refractivity contribution in [1.82, 2.24) is 4.90 Å². The van der Waals surface area contributed by atoms with Crippen LogP contribution < -0.4 is 4.74 Å². The third-order valence-corrected chi connectivity index (χ3v) is 5.42. The molecule has 0 radical (unpaired) electrons. The van der Waals surface area contributed by atoms with E-state index in [1.807, 2.05) is 18.9 Å². The minimum Gasteiger partial charge on any atom is -0.496 e. The fourth-order valence-electron chi connectivity index (χ4n) is 2.83. The number of hydrogen-bond acceptors (Lipinski definition) is 4. The van der Waals surface area contributed by atoms with E-state index in [1.165, 1.54) is 49.2 Å². The Morgan fingerprint density at radius 2 is 1.93 bits per heavy atom. The lowest BCUT2D eigenvalue weighted by molar-refractivity contribution is -0.248. The van der Waals surface area contributed by atoms with E-state index in [-0.39, 0.29) is 16.9 Å². The molecule has 1 N–H and O–H groups in total. The van der Waals surface area contributed by atoms with E-state index in [4.69, 9.17) is 4.74 Å². The van der Waals surface area contributed by atoms with Crippen LogP contribution in [-0.2, 0) is 5.60 Å². The van der Waals surface area contributed by atoms with Crippen LogP contribution in [0, 0.1) is 6.92 Å². The van der Waals surface area contributed by atoms with Crippen LogP contribution in [-0.4, -0.2) is 49.5 Å².